The molecule has 9 nitrogen and oxygen atoms in total. The lowest BCUT2D eigenvalue weighted by Gasteiger charge is -2.34. The van der Waals surface area contributed by atoms with Crippen molar-refractivity contribution in [2.24, 2.45) is 0 Å². The van der Waals surface area contributed by atoms with E-state index in [1.165, 1.54) is 30.5 Å². The molecule has 4 aromatic heterocycles. The zero-order valence-corrected chi connectivity index (χ0v) is 23.8. The van der Waals surface area contributed by atoms with Crippen LogP contribution in [0.4, 0.5) is 19.0 Å². The van der Waals surface area contributed by atoms with Crippen LogP contribution in [0.5, 0.6) is 6.01 Å². The van der Waals surface area contributed by atoms with Gasteiger partial charge >= 0.3 is 12.2 Å². The molecule has 42 heavy (non-hydrogen) atoms. The van der Waals surface area contributed by atoms with Crippen LogP contribution >= 0.6 is 11.3 Å². The van der Waals surface area contributed by atoms with Gasteiger partial charge in [-0.1, -0.05) is 0 Å². The first-order valence-corrected chi connectivity index (χ1v) is 14.9. The average Bonchev–Trinajstić information content (AvgIpc) is 3.23. The number of aromatic amines is 1. The average molecular weight is 596 g/mol. The number of alkyl halides is 3. The molecule has 1 saturated carbocycles. The van der Waals surface area contributed by atoms with Crippen LogP contribution in [-0.2, 0) is 10.9 Å². The van der Waals surface area contributed by atoms with E-state index in [1.54, 1.807) is 13.3 Å². The van der Waals surface area contributed by atoms with Crippen LogP contribution in [0, 0.1) is 6.92 Å². The first kappa shape index (κ1) is 26.1. The van der Waals surface area contributed by atoms with Crippen molar-refractivity contribution in [3.8, 4) is 17.3 Å². The minimum absolute atomic E-state index is 0.0189. The maximum Gasteiger partial charge on any atom is 0.417 e. The van der Waals surface area contributed by atoms with E-state index in [0.29, 0.717) is 39.1 Å². The van der Waals surface area contributed by atoms with E-state index >= 15 is 0 Å². The van der Waals surface area contributed by atoms with Gasteiger partial charge in [0.25, 0.3) is 0 Å². The number of fused-ring (bicyclic) bond motifs is 6. The molecule has 3 fully saturated rings. The summed E-state index contributed by atoms with van der Waals surface area (Å²) in [6, 6.07) is 4.30. The molecule has 2 unspecified atom stereocenters. The van der Waals surface area contributed by atoms with E-state index in [1.807, 2.05) is 6.07 Å². The minimum Gasteiger partial charge on any atom is -0.460 e. The number of benzene rings is 1. The highest BCUT2D eigenvalue weighted by atomic mass is 32.1. The molecule has 1 aromatic carbocycles. The molecule has 8 rings (SSSR count). The topological polar surface area (TPSA) is 101 Å². The number of hydrogen-bond donors (Lipinski definition) is 2. The second-order valence-electron chi connectivity index (χ2n) is 11.6. The quantitative estimate of drug-likeness (QED) is 0.261. The van der Waals surface area contributed by atoms with Crippen molar-refractivity contribution in [1.29, 1.82) is 0 Å². The van der Waals surface area contributed by atoms with Gasteiger partial charge in [-0.15, -0.1) is 11.3 Å². The van der Waals surface area contributed by atoms with Gasteiger partial charge in [-0.25, -0.2) is 0 Å². The standard InChI is InChI=1S/C29H28F3N7O2S/c1-14-9-19-18(10-34-38-19)20(22(14)29(30,31)32)23-24-17(5-8-33-23)21-25(39-11-15-3-4-16(12-39)35-15)36-27(37-26(21)42-24)41-13-28(40-2)6-7-28/h5,8-10,15-16,35H,3-4,6-7,11-13H2,1-2H3,(H,34,38). The Bertz CT molecular complexity index is 1850. The van der Waals surface area contributed by atoms with Crippen LogP contribution in [0.3, 0.4) is 0 Å². The summed E-state index contributed by atoms with van der Waals surface area (Å²) in [4.78, 5) is 17.2. The van der Waals surface area contributed by atoms with Crippen molar-refractivity contribution in [2.45, 2.75) is 56.5 Å². The summed E-state index contributed by atoms with van der Waals surface area (Å²) in [5.74, 6) is 0.743. The van der Waals surface area contributed by atoms with E-state index in [-0.39, 0.29) is 28.4 Å². The van der Waals surface area contributed by atoms with Gasteiger partial charge < -0.3 is 19.7 Å². The van der Waals surface area contributed by atoms with Gasteiger partial charge in [0.1, 0.15) is 22.9 Å². The number of rotatable bonds is 6. The predicted molar refractivity (Wildman–Crippen MR) is 154 cm³/mol. The summed E-state index contributed by atoms with van der Waals surface area (Å²) >= 11 is 1.32. The summed E-state index contributed by atoms with van der Waals surface area (Å²) in [6.45, 7) is 3.38. The summed E-state index contributed by atoms with van der Waals surface area (Å²) in [6.07, 6.45) is 2.45. The Morgan fingerprint density at radius 1 is 1.14 bits per heavy atom. The molecule has 6 heterocycles. The number of aromatic nitrogens is 5. The zero-order chi connectivity index (χ0) is 28.8. The number of methoxy groups -OCH3 is 1. The van der Waals surface area contributed by atoms with E-state index in [9.17, 15) is 13.2 Å². The molecule has 2 atom stereocenters. The molecule has 2 N–H and O–H groups in total. The fraction of sp³-hybridized carbons (Fsp3) is 0.448. The van der Waals surface area contributed by atoms with Gasteiger partial charge in [-0.2, -0.15) is 28.2 Å². The number of anilines is 1. The van der Waals surface area contributed by atoms with Crippen molar-refractivity contribution in [3.63, 3.8) is 0 Å². The van der Waals surface area contributed by atoms with Gasteiger partial charge in [-0.3, -0.25) is 10.1 Å². The first-order valence-electron chi connectivity index (χ1n) is 14.1. The number of pyridine rings is 1. The van der Waals surface area contributed by atoms with Gasteiger partial charge in [0.15, 0.2) is 0 Å². The number of piperazine rings is 1. The Kier molecular flexibility index (Phi) is 5.73. The van der Waals surface area contributed by atoms with Crippen molar-refractivity contribution in [3.05, 3.63) is 35.7 Å². The van der Waals surface area contributed by atoms with Crippen molar-refractivity contribution in [1.82, 2.24) is 30.5 Å². The van der Waals surface area contributed by atoms with Crippen molar-refractivity contribution < 1.29 is 22.6 Å². The summed E-state index contributed by atoms with van der Waals surface area (Å²) in [7, 11) is 1.68. The Morgan fingerprint density at radius 2 is 1.93 bits per heavy atom. The SMILES string of the molecule is COC1(COc2nc(N3CC4CCC(C3)N4)c3c(n2)sc2c(-c4c(C(F)(F)F)c(C)cc5[nH]ncc45)nccc23)CC1. The molecule has 3 aliphatic rings. The highest BCUT2D eigenvalue weighted by molar-refractivity contribution is 7.26. The third-order valence-corrected chi connectivity index (χ3v) is 10.00. The monoisotopic (exact) mass is 595 g/mol. The third kappa shape index (κ3) is 4.12. The largest absolute Gasteiger partial charge is 0.460 e. The van der Waals surface area contributed by atoms with E-state index in [4.69, 9.17) is 19.4 Å². The number of halogens is 3. The molecular formula is C29H28F3N7O2S. The normalized spacial score (nSPS) is 21.6. The molecule has 5 aromatic rings. The number of aryl methyl sites for hydroxylation is 1. The molecule has 13 heteroatoms. The number of ether oxygens (including phenoxy) is 2. The number of H-pyrrole nitrogens is 1. The van der Waals surface area contributed by atoms with Crippen molar-refractivity contribution in [2.75, 3.05) is 31.7 Å². The Balaban J connectivity index is 1.36. The number of thiophene rings is 1. The fourth-order valence-electron chi connectivity index (χ4n) is 6.59. The summed E-state index contributed by atoms with van der Waals surface area (Å²) < 4.78 is 56.1. The molecule has 2 aliphatic heterocycles. The van der Waals surface area contributed by atoms with E-state index in [2.05, 4.69) is 25.4 Å². The predicted octanol–water partition coefficient (Wildman–Crippen LogP) is 5.61. The van der Waals surface area contributed by atoms with Crippen LogP contribution in [0.2, 0.25) is 0 Å². The smallest absolute Gasteiger partial charge is 0.417 e. The second kappa shape index (κ2) is 9.22. The molecule has 218 valence electrons. The van der Waals surface area contributed by atoms with Gasteiger partial charge in [-0.05, 0) is 50.3 Å². The highest BCUT2D eigenvalue weighted by Gasteiger charge is 2.44. The number of hydrogen-bond acceptors (Lipinski definition) is 9. The van der Waals surface area contributed by atoms with E-state index < -0.39 is 11.7 Å². The lowest BCUT2D eigenvalue weighted by molar-refractivity contribution is -0.137. The third-order valence-electron chi connectivity index (χ3n) is 8.89. The molecule has 0 amide bonds. The lowest BCUT2D eigenvalue weighted by atomic mass is 9.94. The van der Waals surface area contributed by atoms with Crippen LogP contribution in [0.1, 0.15) is 36.8 Å². The molecule has 0 spiro atoms. The maximum absolute atomic E-state index is 14.6. The van der Waals surface area contributed by atoms with E-state index in [0.717, 1.165) is 55.4 Å². The molecular weight excluding hydrogens is 567 g/mol. The Labute approximate surface area is 242 Å². The first-order chi connectivity index (χ1) is 20.2. The van der Waals surface area contributed by atoms with Crippen LogP contribution < -0.4 is 15.0 Å². The number of nitrogens with one attached hydrogen (secondary N) is 2. The minimum atomic E-state index is -4.59. The fourth-order valence-corrected chi connectivity index (χ4v) is 7.74. The maximum atomic E-state index is 14.6. The molecule has 1 aliphatic carbocycles. The molecule has 2 saturated heterocycles. The zero-order valence-electron chi connectivity index (χ0n) is 23.0. The highest BCUT2D eigenvalue weighted by Crippen LogP contribution is 2.48. The van der Waals surface area contributed by atoms with Crippen LogP contribution in [-0.4, -0.2) is 69.6 Å². The van der Waals surface area contributed by atoms with Gasteiger partial charge in [0.05, 0.1) is 33.1 Å². The Hall–Kier alpha value is -3.55. The lowest BCUT2D eigenvalue weighted by Crippen LogP contribution is -2.51. The second-order valence-corrected chi connectivity index (χ2v) is 12.6. The van der Waals surface area contributed by atoms with Gasteiger partial charge in [0, 0.05) is 54.8 Å². The van der Waals surface area contributed by atoms with Gasteiger partial charge in [0.2, 0.25) is 0 Å². The molecule has 0 radical (unpaired) electrons. The summed E-state index contributed by atoms with van der Waals surface area (Å²) in [5.41, 5.74) is -0.117. The van der Waals surface area contributed by atoms with Crippen LogP contribution in [0.25, 0.3) is 42.5 Å². The molecule has 2 bridgehead atoms. The summed E-state index contributed by atoms with van der Waals surface area (Å²) in [5, 5.41) is 12.5. The van der Waals surface area contributed by atoms with Crippen LogP contribution in [0.15, 0.2) is 24.5 Å². The van der Waals surface area contributed by atoms with Crippen molar-refractivity contribution >= 4 is 48.4 Å². The number of nitrogens with zero attached hydrogens (tertiary/aromatic N) is 5. The Morgan fingerprint density at radius 3 is 2.64 bits per heavy atom.